The van der Waals surface area contributed by atoms with Crippen molar-refractivity contribution in [2.24, 2.45) is 4.99 Å². The molecule has 0 saturated carbocycles. The van der Waals surface area contributed by atoms with Crippen molar-refractivity contribution in [3.05, 3.63) is 35.4 Å². The van der Waals surface area contributed by atoms with Crippen LogP contribution < -0.4 is 0 Å². The van der Waals surface area contributed by atoms with Gasteiger partial charge in [0.15, 0.2) is 0 Å². The van der Waals surface area contributed by atoms with Crippen LogP contribution in [-0.4, -0.2) is 17.0 Å². The molecule has 1 aliphatic rings. The van der Waals surface area contributed by atoms with Crippen molar-refractivity contribution in [2.45, 2.75) is 25.1 Å². The van der Waals surface area contributed by atoms with Gasteiger partial charge in [-0.1, -0.05) is 29.8 Å². The molecule has 1 aromatic rings. The lowest BCUT2D eigenvalue weighted by atomic mass is 10.0. The molecule has 0 radical (unpaired) electrons. The van der Waals surface area contributed by atoms with Crippen molar-refractivity contribution in [3.63, 3.8) is 0 Å². The van der Waals surface area contributed by atoms with Gasteiger partial charge in [-0.05, 0) is 19.4 Å². The second-order valence-corrected chi connectivity index (χ2v) is 5.47. The van der Waals surface area contributed by atoms with Crippen LogP contribution in [0.5, 0.6) is 0 Å². The van der Waals surface area contributed by atoms with Crippen molar-refractivity contribution >= 4 is 28.4 Å². The zero-order chi connectivity index (χ0) is 10.8. The lowest BCUT2D eigenvalue weighted by Gasteiger charge is -2.15. The summed E-state index contributed by atoms with van der Waals surface area (Å²) < 4.78 is 0. The van der Waals surface area contributed by atoms with Crippen molar-refractivity contribution in [3.8, 4) is 0 Å². The quantitative estimate of drug-likeness (QED) is 0.715. The third kappa shape index (κ3) is 2.37. The molecule has 1 nitrogen and oxygen atoms in total. The fourth-order valence-electron chi connectivity index (χ4n) is 1.85. The van der Waals surface area contributed by atoms with Crippen LogP contribution in [0.4, 0.5) is 0 Å². The second-order valence-electron chi connectivity index (χ2n) is 3.82. The largest absolute Gasteiger partial charge is 0.277 e. The van der Waals surface area contributed by atoms with E-state index in [-0.39, 0.29) is 6.04 Å². The Bertz CT molecular complexity index is 389. The van der Waals surface area contributed by atoms with E-state index in [0.29, 0.717) is 11.1 Å². The molecule has 2 atom stereocenters. The summed E-state index contributed by atoms with van der Waals surface area (Å²) in [5.41, 5.74) is 2.64. The molecular formula is C12H14ClNS. The van der Waals surface area contributed by atoms with Crippen LogP contribution >= 0.6 is 23.4 Å². The van der Waals surface area contributed by atoms with Crippen LogP contribution in [-0.2, 0) is 0 Å². The SMILES string of the molecule is CC1=NC(CCl)C(c2cccc(C)c2)S1. The van der Waals surface area contributed by atoms with Gasteiger partial charge in [-0.3, -0.25) is 4.99 Å². The molecule has 0 aliphatic carbocycles. The van der Waals surface area contributed by atoms with Gasteiger partial charge < -0.3 is 0 Å². The van der Waals surface area contributed by atoms with Gasteiger partial charge in [0.25, 0.3) is 0 Å². The number of hydrogen-bond acceptors (Lipinski definition) is 2. The Morgan fingerprint density at radius 2 is 2.20 bits per heavy atom. The highest BCUT2D eigenvalue weighted by Gasteiger charge is 2.28. The van der Waals surface area contributed by atoms with E-state index in [4.69, 9.17) is 11.6 Å². The van der Waals surface area contributed by atoms with Crippen LogP contribution in [0.1, 0.15) is 23.3 Å². The minimum absolute atomic E-state index is 0.235. The van der Waals surface area contributed by atoms with Crippen LogP contribution in [0.25, 0.3) is 0 Å². The molecule has 0 aromatic heterocycles. The number of alkyl halides is 1. The average molecular weight is 240 g/mol. The van der Waals surface area contributed by atoms with E-state index >= 15 is 0 Å². The molecule has 1 aromatic carbocycles. The highest BCUT2D eigenvalue weighted by Crippen LogP contribution is 2.40. The van der Waals surface area contributed by atoms with Crippen molar-refractivity contribution in [1.29, 1.82) is 0 Å². The maximum Gasteiger partial charge on any atom is 0.0807 e. The fraction of sp³-hybridized carbons (Fsp3) is 0.417. The maximum absolute atomic E-state index is 5.94. The minimum Gasteiger partial charge on any atom is -0.277 e. The highest BCUT2D eigenvalue weighted by molar-refractivity contribution is 8.14. The molecule has 80 valence electrons. The number of aryl methyl sites for hydroxylation is 1. The third-order valence-corrected chi connectivity index (χ3v) is 4.13. The van der Waals surface area contributed by atoms with Gasteiger partial charge in [0.2, 0.25) is 0 Å². The molecular weight excluding hydrogens is 226 g/mol. The summed E-state index contributed by atoms with van der Waals surface area (Å²) in [7, 11) is 0. The number of thioether (sulfide) groups is 1. The maximum atomic E-state index is 5.94. The smallest absolute Gasteiger partial charge is 0.0807 e. The summed E-state index contributed by atoms with van der Waals surface area (Å²) in [6.45, 7) is 4.17. The number of rotatable bonds is 2. The van der Waals surface area contributed by atoms with E-state index in [2.05, 4.69) is 43.1 Å². The molecule has 0 fully saturated rings. The second kappa shape index (κ2) is 4.58. The van der Waals surface area contributed by atoms with Gasteiger partial charge in [-0.15, -0.1) is 23.4 Å². The van der Waals surface area contributed by atoms with E-state index in [1.54, 1.807) is 0 Å². The summed E-state index contributed by atoms with van der Waals surface area (Å²) in [6, 6.07) is 8.85. The molecule has 1 heterocycles. The molecule has 0 spiro atoms. The third-order valence-electron chi connectivity index (χ3n) is 2.52. The zero-order valence-corrected chi connectivity index (χ0v) is 10.5. The molecule has 3 heteroatoms. The van der Waals surface area contributed by atoms with Crippen LogP contribution in [0.2, 0.25) is 0 Å². The van der Waals surface area contributed by atoms with E-state index in [1.165, 1.54) is 11.1 Å². The molecule has 0 saturated heterocycles. The molecule has 1 aliphatic heterocycles. The van der Waals surface area contributed by atoms with Gasteiger partial charge in [0.05, 0.1) is 16.3 Å². The predicted octanol–water partition coefficient (Wildman–Crippen LogP) is 3.81. The van der Waals surface area contributed by atoms with E-state index in [0.717, 1.165) is 5.04 Å². The molecule has 15 heavy (non-hydrogen) atoms. The number of hydrogen-bond donors (Lipinski definition) is 0. The summed E-state index contributed by atoms with van der Waals surface area (Å²) in [5.74, 6) is 0.600. The number of benzene rings is 1. The van der Waals surface area contributed by atoms with Gasteiger partial charge in [0, 0.05) is 5.88 Å². The van der Waals surface area contributed by atoms with E-state index < -0.39 is 0 Å². The minimum atomic E-state index is 0.235. The lowest BCUT2D eigenvalue weighted by Crippen LogP contribution is -2.11. The van der Waals surface area contributed by atoms with Gasteiger partial charge in [-0.25, -0.2) is 0 Å². The average Bonchev–Trinajstić information content (AvgIpc) is 2.59. The summed E-state index contributed by atoms with van der Waals surface area (Å²) in [5, 5.41) is 1.55. The summed E-state index contributed by atoms with van der Waals surface area (Å²) in [4.78, 5) is 4.54. The first kappa shape index (κ1) is 11.0. The van der Waals surface area contributed by atoms with Gasteiger partial charge in [-0.2, -0.15) is 0 Å². The van der Waals surface area contributed by atoms with Crippen molar-refractivity contribution in [2.75, 3.05) is 5.88 Å². The first-order valence-corrected chi connectivity index (χ1v) is 6.45. The van der Waals surface area contributed by atoms with Crippen molar-refractivity contribution in [1.82, 2.24) is 0 Å². The van der Waals surface area contributed by atoms with E-state index in [9.17, 15) is 0 Å². The zero-order valence-electron chi connectivity index (χ0n) is 8.90. The lowest BCUT2D eigenvalue weighted by molar-refractivity contribution is 0.746. The topological polar surface area (TPSA) is 12.4 Å². The van der Waals surface area contributed by atoms with Crippen LogP contribution in [0.3, 0.4) is 0 Å². The standard InChI is InChI=1S/C12H14ClNS/c1-8-4-3-5-10(6-8)12-11(7-13)14-9(2)15-12/h3-6,11-12H,7H2,1-2H3. The van der Waals surface area contributed by atoms with Crippen molar-refractivity contribution < 1.29 is 0 Å². The van der Waals surface area contributed by atoms with Crippen LogP contribution in [0.15, 0.2) is 29.3 Å². The summed E-state index contributed by atoms with van der Waals surface area (Å²) >= 11 is 7.76. The predicted molar refractivity (Wildman–Crippen MR) is 69.1 cm³/mol. The Morgan fingerprint density at radius 3 is 2.87 bits per heavy atom. The summed E-state index contributed by atoms with van der Waals surface area (Å²) in [6.07, 6.45) is 0. The Morgan fingerprint density at radius 1 is 1.40 bits per heavy atom. The Kier molecular flexibility index (Phi) is 3.37. The van der Waals surface area contributed by atoms with Gasteiger partial charge >= 0.3 is 0 Å². The number of halogens is 1. The molecule has 0 amide bonds. The number of nitrogens with zero attached hydrogens (tertiary/aromatic N) is 1. The molecule has 0 bridgehead atoms. The van der Waals surface area contributed by atoms with Crippen LogP contribution in [0, 0.1) is 6.92 Å². The Hall–Kier alpha value is -0.470. The molecule has 2 rings (SSSR count). The number of aliphatic imine (C=N–C) groups is 1. The monoisotopic (exact) mass is 239 g/mol. The highest BCUT2D eigenvalue weighted by atomic mass is 35.5. The fourth-order valence-corrected chi connectivity index (χ4v) is 3.36. The van der Waals surface area contributed by atoms with E-state index in [1.807, 2.05) is 11.8 Å². The molecule has 0 N–H and O–H groups in total. The van der Waals surface area contributed by atoms with Gasteiger partial charge in [0.1, 0.15) is 0 Å². The molecule has 2 unspecified atom stereocenters. The normalized spacial score (nSPS) is 25.4. The Balaban J connectivity index is 2.25. The first-order chi connectivity index (χ1) is 7.20. The Labute approximate surface area is 99.9 Å². The first-order valence-electron chi connectivity index (χ1n) is 5.04.